The third-order valence-electron chi connectivity index (χ3n) is 3.85. The Morgan fingerprint density at radius 3 is 2.67 bits per heavy atom. The van der Waals surface area contributed by atoms with Crippen LogP contribution in [0.5, 0.6) is 0 Å². The van der Waals surface area contributed by atoms with E-state index >= 15 is 0 Å². The van der Waals surface area contributed by atoms with Gasteiger partial charge in [0.1, 0.15) is 0 Å². The Hall–Kier alpha value is -0.870. The normalized spacial score (nSPS) is 15.0. The van der Waals surface area contributed by atoms with Gasteiger partial charge < -0.3 is 10.6 Å². The minimum atomic E-state index is 0.749. The second-order valence-corrected chi connectivity index (χ2v) is 6.73. The van der Waals surface area contributed by atoms with Crippen LogP contribution in [0.1, 0.15) is 5.56 Å². The van der Waals surface area contributed by atoms with Crippen LogP contribution in [0.2, 0.25) is 5.02 Å². The molecular formula is C17H18BrClN2. The molecule has 1 aliphatic rings. The van der Waals surface area contributed by atoms with Gasteiger partial charge in [0.15, 0.2) is 0 Å². The molecule has 2 aromatic carbocycles. The summed E-state index contributed by atoms with van der Waals surface area (Å²) in [5.41, 5.74) is 3.75. The van der Waals surface area contributed by atoms with Crippen LogP contribution >= 0.6 is 27.5 Å². The second-order valence-electron chi connectivity index (χ2n) is 5.44. The highest BCUT2D eigenvalue weighted by molar-refractivity contribution is 9.10. The highest BCUT2D eigenvalue weighted by Gasteiger charge is 2.16. The van der Waals surface area contributed by atoms with Crippen molar-refractivity contribution in [2.24, 2.45) is 5.92 Å². The molecule has 0 bridgehead atoms. The van der Waals surface area contributed by atoms with Gasteiger partial charge in [-0.25, -0.2) is 0 Å². The maximum Gasteiger partial charge on any atom is 0.0417 e. The van der Waals surface area contributed by atoms with Crippen molar-refractivity contribution >= 4 is 27.5 Å². The molecule has 0 atom stereocenters. The molecule has 1 saturated heterocycles. The lowest BCUT2D eigenvalue weighted by atomic mass is 9.99. The molecule has 1 heterocycles. The topological polar surface area (TPSA) is 24.1 Å². The molecule has 2 N–H and O–H groups in total. The molecule has 2 aromatic rings. The molecule has 0 spiro atoms. The van der Waals surface area contributed by atoms with Gasteiger partial charge >= 0.3 is 0 Å². The van der Waals surface area contributed by atoms with Gasteiger partial charge in [0.25, 0.3) is 0 Å². The fourth-order valence-electron chi connectivity index (χ4n) is 2.55. The van der Waals surface area contributed by atoms with Crippen LogP contribution in [0.25, 0.3) is 11.1 Å². The Kier molecular flexibility index (Phi) is 4.96. The quantitative estimate of drug-likeness (QED) is 0.834. The minimum Gasteiger partial charge on any atom is -0.316 e. The van der Waals surface area contributed by atoms with Crippen LogP contribution in [0, 0.1) is 5.92 Å². The first kappa shape index (κ1) is 15.0. The van der Waals surface area contributed by atoms with Crippen molar-refractivity contribution in [3.05, 3.63) is 57.5 Å². The van der Waals surface area contributed by atoms with Gasteiger partial charge in [0.2, 0.25) is 0 Å². The van der Waals surface area contributed by atoms with E-state index in [9.17, 15) is 0 Å². The monoisotopic (exact) mass is 364 g/mol. The fraction of sp³-hybridized carbons (Fsp3) is 0.294. The fourth-order valence-corrected chi connectivity index (χ4v) is 3.45. The van der Waals surface area contributed by atoms with Crippen molar-refractivity contribution < 1.29 is 0 Å². The zero-order chi connectivity index (χ0) is 14.7. The van der Waals surface area contributed by atoms with Crippen molar-refractivity contribution in [1.29, 1.82) is 0 Å². The SMILES string of the molecule is Clc1ccc(-c2ccccc2CNCC2CNC2)c(Br)c1. The molecule has 21 heavy (non-hydrogen) atoms. The summed E-state index contributed by atoms with van der Waals surface area (Å²) in [6.45, 7) is 4.24. The highest BCUT2D eigenvalue weighted by atomic mass is 79.9. The van der Waals surface area contributed by atoms with E-state index in [0.29, 0.717) is 0 Å². The molecular weight excluding hydrogens is 348 g/mol. The minimum absolute atomic E-state index is 0.749. The summed E-state index contributed by atoms with van der Waals surface area (Å²) in [5.74, 6) is 0.777. The van der Waals surface area contributed by atoms with Gasteiger partial charge in [-0.3, -0.25) is 0 Å². The van der Waals surface area contributed by atoms with Crippen molar-refractivity contribution in [2.45, 2.75) is 6.54 Å². The maximum absolute atomic E-state index is 6.04. The van der Waals surface area contributed by atoms with E-state index in [1.54, 1.807) is 0 Å². The average Bonchev–Trinajstić information content (AvgIpc) is 2.42. The lowest BCUT2D eigenvalue weighted by Crippen LogP contribution is -2.47. The zero-order valence-corrected chi connectivity index (χ0v) is 14.0. The Morgan fingerprint density at radius 1 is 1.14 bits per heavy atom. The molecule has 2 nitrogen and oxygen atoms in total. The van der Waals surface area contributed by atoms with E-state index in [-0.39, 0.29) is 0 Å². The molecule has 1 aliphatic heterocycles. The van der Waals surface area contributed by atoms with Gasteiger partial charge in [0.05, 0.1) is 0 Å². The van der Waals surface area contributed by atoms with E-state index < -0.39 is 0 Å². The second kappa shape index (κ2) is 6.93. The Labute approximate surface area is 139 Å². The summed E-state index contributed by atoms with van der Waals surface area (Å²) in [6.07, 6.45) is 0. The number of rotatable bonds is 5. The summed E-state index contributed by atoms with van der Waals surface area (Å²) in [4.78, 5) is 0. The van der Waals surface area contributed by atoms with Gasteiger partial charge in [-0.05, 0) is 34.7 Å². The van der Waals surface area contributed by atoms with Gasteiger partial charge in [-0.2, -0.15) is 0 Å². The van der Waals surface area contributed by atoms with Crippen molar-refractivity contribution in [1.82, 2.24) is 10.6 Å². The predicted molar refractivity (Wildman–Crippen MR) is 92.7 cm³/mol. The Morgan fingerprint density at radius 2 is 1.95 bits per heavy atom. The first-order chi connectivity index (χ1) is 10.2. The summed E-state index contributed by atoms with van der Waals surface area (Å²) in [7, 11) is 0. The third-order valence-corrected chi connectivity index (χ3v) is 4.74. The number of benzene rings is 2. The number of nitrogens with one attached hydrogen (secondary N) is 2. The summed E-state index contributed by atoms with van der Waals surface area (Å²) < 4.78 is 1.03. The van der Waals surface area contributed by atoms with Gasteiger partial charge in [-0.15, -0.1) is 0 Å². The molecule has 0 amide bonds. The standard InChI is InChI=1S/C17H18BrClN2/c18-17-7-14(19)5-6-16(17)15-4-2-1-3-13(15)11-21-10-12-8-20-9-12/h1-7,12,20-21H,8-11H2. The lowest BCUT2D eigenvalue weighted by Gasteiger charge is -2.27. The predicted octanol–water partition coefficient (Wildman–Crippen LogP) is 4.08. The molecule has 0 aromatic heterocycles. The van der Waals surface area contributed by atoms with E-state index in [4.69, 9.17) is 11.6 Å². The highest BCUT2D eigenvalue weighted by Crippen LogP contribution is 2.32. The van der Waals surface area contributed by atoms with E-state index in [2.05, 4.69) is 56.9 Å². The van der Waals surface area contributed by atoms with E-state index in [0.717, 1.165) is 41.6 Å². The first-order valence-electron chi connectivity index (χ1n) is 7.19. The summed E-state index contributed by atoms with van der Waals surface area (Å²) in [5, 5.41) is 7.61. The first-order valence-corrected chi connectivity index (χ1v) is 8.36. The van der Waals surface area contributed by atoms with Crippen molar-refractivity contribution in [2.75, 3.05) is 19.6 Å². The van der Waals surface area contributed by atoms with Gasteiger partial charge in [0, 0.05) is 35.7 Å². The number of hydrogen-bond donors (Lipinski definition) is 2. The van der Waals surface area contributed by atoms with E-state index in [1.807, 2.05) is 12.1 Å². The van der Waals surface area contributed by atoms with Crippen LogP contribution in [-0.2, 0) is 6.54 Å². The number of hydrogen-bond acceptors (Lipinski definition) is 2. The zero-order valence-electron chi connectivity index (χ0n) is 11.7. The molecule has 0 saturated carbocycles. The molecule has 0 unspecified atom stereocenters. The molecule has 0 aliphatic carbocycles. The van der Waals surface area contributed by atoms with Gasteiger partial charge in [-0.1, -0.05) is 57.9 Å². The van der Waals surface area contributed by atoms with Crippen LogP contribution in [0.3, 0.4) is 0 Å². The lowest BCUT2D eigenvalue weighted by molar-refractivity contribution is 0.331. The van der Waals surface area contributed by atoms with Crippen molar-refractivity contribution in [3.8, 4) is 11.1 Å². The maximum atomic E-state index is 6.04. The average molecular weight is 366 g/mol. The summed E-state index contributed by atoms with van der Waals surface area (Å²) >= 11 is 9.65. The molecule has 0 radical (unpaired) electrons. The Bertz CT molecular complexity index is 626. The van der Waals surface area contributed by atoms with Crippen molar-refractivity contribution in [3.63, 3.8) is 0 Å². The molecule has 1 fully saturated rings. The smallest absolute Gasteiger partial charge is 0.0417 e. The summed E-state index contributed by atoms with van der Waals surface area (Å²) in [6, 6.07) is 14.5. The van der Waals surface area contributed by atoms with Crippen LogP contribution < -0.4 is 10.6 Å². The third kappa shape index (κ3) is 3.67. The van der Waals surface area contributed by atoms with Crippen LogP contribution in [0.15, 0.2) is 46.9 Å². The van der Waals surface area contributed by atoms with E-state index in [1.165, 1.54) is 16.7 Å². The molecule has 110 valence electrons. The Balaban J connectivity index is 1.77. The van der Waals surface area contributed by atoms with Crippen LogP contribution in [-0.4, -0.2) is 19.6 Å². The molecule has 4 heteroatoms. The number of halogens is 2. The van der Waals surface area contributed by atoms with Crippen LogP contribution in [0.4, 0.5) is 0 Å². The largest absolute Gasteiger partial charge is 0.316 e. The molecule has 3 rings (SSSR count).